The zero-order chi connectivity index (χ0) is 22.6. The van der Waals surface area contributed by atoms with E-state index in [0.717, 1.165) is 17.5 Å². The highest BCUT2D eigenvalue weighted by Crippen LogP contribution is 2.30. The van der Waals surface area contributed by atoms with E-state index >= 15 is 0 Å². The zero-order valence-corrected chi connectivity index (χ0v) is 19.0. The average molecular weight is 461 g/mol. The highest BCUT2D eigenvalue weighted by atomic mass is 32.2. The molecule has 0 unspecified atom stereocenters. The number of rotatable bonds is 8. The normalized spacial score (nSPS) is 11.7. The molecule has 0 saturated heterocycles. The number of benzene rings is 3. The molecule has 0 aliphatic carbocycles. The monoisotopic (exact) mass is 460 g/mol. The lowest BCUT2D eigenvalue weighted by molar-refractivity contribution is 0.414. The third-order valence-electron chi connectivity index (χ3n) is 4.67. The summed E-state index contributed by atoms with van der Waals surface area (Å²) < 4.78 is 61.8. The molecule has 0 heterocycles. The highest BCUT2D eigenvalue weighted by Gasteiger charge is 2.23. The first-order valence-electron chi connectivity index (χ1n) is 9.54. The van der Waals surface area contributed by atoms with E-state index in [2.05, 4.69) is 9.44 Å². The molecule has 0 spiro atoms. The molecule has 0 atom stereocenters. The van der Waals surface area contributed by atoms with Gasteiger partial charge in [-0.15, -0.1) is 0 Å². The second kappa shape index (κ2) is 8.99. The van der Waals surface area contributed by atoms with Crippen molar-refractivity contribution in [1.82, 2.24) is 0 Å². The Hall–Kier alpha value is -3.04. The van der Waals surface area contributed by atoms with Crippen LogP contribution in [-0.4, -0.2) is 23.9 Å². The van der Waals surface area contributed by atoms with E-state index in [-0.39, 0.29) is 15.5 Å². The van der Waals surface area contributed by atoms with Crippen LogP contribution in [0.2, 0.25) is 0 Å². The highest BCUT2D eigenvalue weighted by molar-refractivity contribution is 7.94. The molecule has 0 aliphatic heterocycles. The minimum atomic E-state index is -4.08. The predicted octanol–water partition coefficient (Wildman–Crippen LogP) is 4.17. The molecule has 0 fully saturated rings. The Morgan fingerprint density at radius 2 is 1.45 bits per heavy atom. The van der Waals surface area contributed by atoms with Crippen LogP contribution in [0.4, 0.5) is 11.4 Å². The Balaban J connectivity index is 1.99. The van der Waals surface area contributed by atoms with Crippen molar-refractivity contribution >= 4 is 31.4 Å². The SMILES string of the molecule is CCc1ccc(NS(=O)(=O)c2ccc(OC)cc2NS(=O)(=O)c2ccc(C)cc2)cc1. The van der Waals surface area contributed by atoms with Crippen molar-refractivity contribution in [2.24, 2.45) is 0 Å². The van der Waals surface area contributed by atoms with Crippen LogP contribution in [0, 0.1) is 6.92 Å². The Bertz CT molecular complexity index is 1270. The van der Waals surface area contributed by atoms with Crippen LogP contribution in [0.3, 0.4) is 0 Å². The smallest absolute Gasteiger partial charge is 0.263 e. The number of aryl methyl sites for hydroxylation is 2. The lowest BCUT2D eigenvalue weighted by atomic mass is 10.2. The van der Waals surface area contributed by atoms with Crippen molar-refractivity contribution < 1.29 is 21.6 Å². The van der Waals surface area contributed by atoms with Gasteiger partial charge in [0.2, 0.25) is 0 Å². The quantitative estimate of drug-likeness (QED) is 0.525. The van der Waals surface area contributed by atoms with E-state index in [9.17, 15) is 16.8 Å². The maximum Gasteiger partial charge on any atom is 0.263 e. The van der Waals surface area contributed by atoms with Crippen LogP contribution in [0.1, 0.15) is 18.1 Å². The first kappa shape index (κ1) is 22.6. The van der Waals surface area contributed by atoms with Gasteiger partial charge in [0.05, 0.1) is 17.7 Å². The van der Waals surface area contributed by atoms with E-state index in [1.807, 2.05) is 26.0 Å². The summed E-state index contributed by atoms with van der Waals surface area (Å²) in [6.07, 6.45) is 0.830. The average Bonchev–Trinajstić information content (AvgIpc) is 2.74. The van der Waals surface area contributed by atoms with Crippen LogP contribution in [0.25, 0.3) is 0 Å². The molecular formula is C22H24N2O5S2. The Kier molecular flexibility index (Phi) is 6.56. The number of anilines is 2. The van der Waals surface area contributed by atoms with Crippen LogP contribution >= 0.6 is 0 Å². The predicted molar refractivity (Wildman–Crippen MR) is 122 cm³/mol. The van der Waals surface area contributed by atoms with Crippen molar-refractivity contribution in [1.29, 1.82) is 0 Å². The van der Waals surface area contributed by atoms with Gasteiger partial charge in [0.15, 0.2) is 0 Å². The topological polar surface area (TPSA) is 102 Å². The van der Waals surface area contributed by atoms with Crippen molar-refractivity contribution in [2.45, 2.75) is 30.1 Å². The van der Waals surface area contributed by atoms with Crippen molar-refractivity contribution in [3.05, 3.63) is 77.9 Å². The fourth-order valence-electron chi connectivity index (χ4n) is 2.89. The molecular weight excluding hydrogens is 436 g/mol. The van der Waals surface area contributed by atoms with E-state index in [1.165, 1.54) is 37.4 Å². The van der Waals surface area contributed by atoms with Crippen LogP contribution in [0.5, 0.6) is 5.75 Å². The number of nitrogens with one attached hydrogen (secondary N) is 2. The first-order chi connectivity index (χ1) is 14.6. The van der Waals surface area contributed by atoms with Crippen molar-refractivity contribution in [3.8, 4) is 5.75 Å². The molecule has 31 heavy (non-hydrogen) atoms. The number of methoxy groups -OCH3 is 1. The van der Waals surface area contributed by atoms with Gasteiger partial charge in [-0.05, 0) is 55.3 Å². The van der Waals surface area contributed by atoms with Gasteiger partial charge in [-0.3, -0.25) is 9.44 Å². The summed E-state index contributed by atoms with van der Waals surface area (Å²) in [5.41, 5.74) is 2.23. The maximum atomic E-state index is 13.1. The Morgan fingerprint density at radius 3 is 2.03 bits per heavy atom. The summed E-state index contributed by atoms with van der Waals surface area (Å²) in [7, 11) is -6.69. The molecule has 0 aromatic heterocycles. The van der Waals surface area contributed by atoms with Gasteiger partial charge in [-0.25, -0.2) is 16.8 Å². The molecule has 3 aromatic carbocycles. The van der Waals surface area contributed by atoms with Gasteiger partial charge in [-0.1, -0.05) is 36.8 Å². The minimum absolute atomic E-state index is 0.0207. The fraction of sp³-hybridized carbons (Fsp3) is 0.182. The van der Waals surface area contributed by atoms with Crippen molar-refractivity contribution in [3.63, 3.8) is 0 Å². The van der Waals surface area contributed by atoms with Crippen LogP contribution in [-0.2, 0) is 26.5 Å². The third-order valence-corrected chi connectivity index (χ3v) is 7.49. The summed E-state index contributed by atoms with van der Waals surface area (Å²) in [5, 5.41) is 0. The van der Waals surface area contributed by atoms with Crippen molar-refractivity contribution in [2.75, 3.05) is 16.6 Å². The van der Waals surface area contributed by atoms with E-state index < -0.39 is 20.0 Å². The zero-order valence-electron chi connectivity index (χ0n) is 17.4. The molecule has 0 saturated carbocycles. The van der Waals surface area contributed by atoms with E-state index in [1.54, 1.807) is 24.3 Å². The fourth-order valence-corrected chi connectivity index (χ4v) is 5.23. The van der Waals surface area contributed by atoms with Crippen LogP contribution in [0.15, 0.2) is 76.5 Å². The van der Waals surface area contributed by atoms with E-state index in [0.29, 0.717) is 11.4 Å². The number of hydrogen-bond acceptors (Lipinski definition) is 5. The Labute approximate surface area is 183 Å². The van der Waals surface area contributed by atoms with Gasteiger partial charge in [0.25, 0.3) is 20.0 Å². The number of hydrogen-bond donors (Lipinski definition) is 2. The first-order valence-corrected chi connectivity index (χ1v) is 12.5. The standard InChI is InChI=1S/C22H24N2O5S2/c1-4-17-7-9-18(10-8-17)23-31(27,28)22-14-11-19(29-3)15-21(22)24-30(25,26)20-12-5-16(2)6-13-20/h5-15,23-24H,4H2,1-3H3. The molecule has 0 radical (unpaired) electrons. The van der Waals surface area contributed by atoms with Gasteiger partial charge in [0, 0.05) is 11.8 Å². The van der Waals surface area contributed by atoms with Crippen LogP contribution < -0.4 is 14.2 Å². The summed E-state index contributed by atoms with van der Waals surface area (Å²) in [6, 6.07) is 17.3. The largest absolute Gasteiger partial charge is 0.497 e. The lowest BCUT2D eigenvalue weighted by Gasteiger charge is -2.16. The summed E-state index contributed by atoms with van der Waals surface area (Å²) >= 11 is 0. The lowest BCUT2D eigenvalue weighted by Crippen LogP contribution is -2.19. The molecule has 9 heteroatoms. The second-order valence-electron chi connectivity index (χ2n) is 6.94. The molecule has 2 N–H and O–H groups in total. The molecule has 3 rings (SSSR count). The van der Waals surface area contributed by atoms with Gasteiger partial charge >= 0.3 is 0 Å². The molecule has 0 amide bonds. The number of ether oxygens (including phenoxy) is 1. The molecule has 164 valence electrons. The van der Waals surface area contributed by atoms with E-state index in [4.69, 9.17) is 4.74 Å². The third kappa shape index (κ3) is 5.36. The Morgan fingerprint density at radius 1 is 0.806 bits per heavy atom. The molecule has 0 aliphatic rings. The summed E-state index contributed by atoms with van der Waals surface area (Å²) in [6.45, 7) is 3.85. The molecule has 3 aromatic rings. The molecule has 7 nitrogen and oxygen atoms in total. The minimum Gasteiger partial charge on any atom is -0.497 e. The van der Waals surface area contributed by atoms with Gasteiger partial charge in [-0.2, -0.15) is 0 Å². The number of sulfonamides is 2. The van der Waals surface area contributed by atoms with Gasteiger partial charge < -0.3 is 4.74 Å². The van der Waals surface area contributed by atoms with Gasteiger partial charge in [0.1, 0.15) is 10.6 Å². The summed E-state index contributed by atoms with van der Waals surface area (Å²) in [4.78, 5) is -0.198. The summed E-state index contributed by atoms with van der Waals surface area (Å²) in [5.74, 6) is 0.313. The molecule has 0 bridgehead atoms. The second-order valence-corrected chi connectivity index (χ2v) is 10.3. The maximum absolute atomic E-state index is 13.1.